The van der Waals surface area contributed by atoms with Crippen LogP contribution in [0.4, 0.5) is 10.1 Å². The van der Waals surface area contributed by atoms with Crippen LogP contribution in [0.3, 0.4) is 0 Å². The Hall–Kier alpha value is -0.790. The van der Waals surface area contributed by atoms with Gasteiger partial charge in [-0.1, -0.05) is 6.07 Å². The van der Waals surface area contributed by atoms with Gasteiger partial charge in [-0.2, -0.15) is 11.8 Å². The Kier molecular flexibility index (Phi) is 4.37. The van der Waals surface area contributed by atoms with E-state index in [-0.39, 0.29) is 5.82 Å². The molecule has 4 nitrogen and oxygen atoms in total. The average molecular weight is 304 g/mol. The predicted octanol–water partition coefficient (Wildman–Crippen LogP) is 1.33. The van der Waals surface area contributed by atoms with Crippen LogP contribution in [0, 0.1) is 5.82 Å². The number of hydrogen-bond acceptors (Lipinski definition) is 5. The number of nitrogens with two attached hydrogens (primary N) is 1. The van der Waals surface area contributed by atoms with Crippen molar-refractivity contribution in [2.24, 2.45) is 0 Å². The summed E-state index contributed by atoms with van der Waals surface area (Å²) in [6, 6.07) is 4.23. The highest BCUT2D eigenvalue weighted by molar-refractivity contribution is 8.00. The number of nitrogen functional groups attached to an aromatic ring is 1. The van der Waals surface area contributed by atoms with Gasteiger partial charge in [0.15, 0.2) is 9.84 Å². The van der Waals surface area contributed by atoms with Crippen LogP contribution in [0.5, 0.6) is 0 Å². The van der Waals surface area contributed by atoms with Gasteiger partial charge in [0.25, 0.3) is 0 Å². The minimum atomic E-state index is -3.13. The molecule has 0 amide bonds. The maximum absolute atomic E-state index is 13.0. The van der Waals surface area contributed by atoms with Gasteiger partial charge in [0.2, 0.25) is 0 Å². The Bertz CT molecular complexity index is 563. The number of hydrogen-bond donors (Lipinski definition) is 1. The van der Waals surface area contributed by atoms with Gasteiger partial charge in [-0.3, -0.25) is 4.90 Å². The monoisotopic (exact) mass is 304 g/mol. The van der Waals surface area contributed by atoms with Gasteiger partial charge in [-0.25, -0.2) is 12.8 Å². The van der Waals surface area contributed by atoms with Crippen LogP contribution in [-0.2, 0) is 16.4 Å². The van der Waals surface area contributed by atoms with Crippen LogP contribution in [0.15, 0.2) is 18.2 Å². The maximum Gasteiger partial charge on any atom is 0.164 e. The first kappa shape index (κ1) is 14.6. The number of nitrogens with zero attached hydrogens (tertiary/aromatic N) is 1. The maximum atomic E-state index is 13.0. The van der Waals surface area contributed by atoms with Crippen LogP contribution in [0.25, 0.3) is 0 Å². The molecule has 0 radical (unpaired) electrons. The van der Waals surface area contributed by atoms with Gasteiger partial charge in [0.05, 0.1) is 0 Å². The van der Waals surface area contributed by atoms with Gasteiger partial charge in [-0.05, 0) is 17.7 Å². The molecule has 0 bridgehead atoms. The molecule has 0 aromatic heterocycles. The van der Waals surface area contributed by atoms with Crippen molar-refractivity contribution in [3.05, 3.63) is 29.6 Å². The summed E-state index contributed by atoms with van der Waals surface area (Å²) in [5, 5.41) is -0.490. The number of halogens is 1. The van der Waals surface area contributed by atoms with E-state index in [9.17, 15) is 12.8 Å². The molecule has 1 heterocycles. The second kappa shape index (κ2) is 5.68. The van der Waals surface area contributed by atoms with E-state index in [1.54, 1.807) is 17.8 Å². The van der Waals surface area contributed by atoms with Crippen LogP contribution in [0.1, 0.15) is 5.56 Å². The lowest BCUT2D eigenvalue weighted by Gasteiger charge is -2.34. The molecule has 1 atom stereocenters. The smallest absolute Gasteiger partial charge is 0.164 e. The summed E-state index contributed by atoms with van der Waals surface area (Å²) in [4.78, 5) is 1.90. The average Bonchev–Trinajstić information content (AvgIpc) is 2.32. The third-order valence-corrected chi connectivity index (χ3v) is 5.85. The highest BCUT2D eigenvalue weighted by atomic mass is 32.2. The van der Waals surface area contributed by atoms with Crippen molar-refractivity contribution in [1.29, 1.82) is 0 Å². The number of thioether (sulfide) groups is 1. The molecule has 1 aliphatic rings. The Labute approximate surface area is 117 Å². The highest BCUT2D eigenvalue weighted by Gasteiger charge is 2.31. The van der Waals surface area contributed by atoms with E-state index in [1.165, 1.54) is 18.4 Å². The largest absolute Gasteiger partial charge is 0.398 e. The van der Waals surface area contributed by atoms with Gasteiger partial charge in [-0.15, -0.1) is 0 Å². The number of anilines is 1. The molecule has 1 aromatic rings. The molecule has 106 valence electrons. The lowest BCUT2D eigenvalue weighted by atomic mass is 10.1. The Morgan fingerprint density at radius 2 is 2.26 bits per heavy atom. The van der Waals surface area contributed by atoms with E-state index in [4.69, 9.17) is 5.73 Å². The van der Waals surface area contributed by atoms with E-state index in [0.29, 0.717) is 24.5 Å². The molecule has 1 aliphatic heterocycles. The Morgan fingerprint density at radius 1 is 1.53 bits per heavy atom. The van der Waals surface area contributed by atoms with Crippen molar-refractivity contribution in [2.45, 2.75) is 11.9 Å². The van der Waals surface area contributed by atoms with Gasteiger partial charge >= 0.3 is 0 Å². The van der Waals surface area contributed by atoms with Gasteiger partial charge < -0.3 is 5.73 Å². The summed E-state index contributed by atoms with van der Waals surface area (Å²) in [6.45, 7) is 1.13. The van der Waals surface area contributed by atoms with E-state index < -0.39 is 15.2 Å². The molecule has 19 heavy (non-hydrogen) atoms. The number of sulfone groups is 1. The summed E-state index contributed by atoms with van der Waals surface area (Å²) in [7, 11) is -3.13. The summed E-state index contributed by atoms with van der Waals surface area (Å²) >= 11 is 1.64. The van der Waals surface area contributed by atoms with E-state index in [2.05, 4.69) is 0 Å². The Balaban J connectivity index is 2.20. The van der Waals surface area contributed by atoms with Crippen LogP contribution >= 0.6 is 11.8 Å². The summed E-state index contributed by atoms with van der Waals surface area (Å²) in [6.07, 6.45) is 1.25. The van der Waals surface area contributed by atoms with Crippen molar-refractivity contribution >= 4 is 27.3 Å². The molecule has 7 heteroatoms. The fourth-order valence-corrected chi connectivity index (χ4v) is 5.06. The third-order valence-electron chi connectivity index (χ3n) is 3.17. The molecule has 1 aromatic carbocycles. The predicted molar refractivity (Wildman–Crippen MR) is 77.2 cm³/mol. The first-order chi connectivity index (χ1) is 8.88. The zero-order valence-electron chi connectivity index (χ0n) is 10.7. The van der Waals surface area contributed by atoms with Crippen LogP contribution in [-0.4, -0.2) is 43.0 Å². The normalized spacial score (nSPS) is 21.5. The lowest BCUT2D eigenvalue weighted by molar-refractivity contribution is 0.262. The molecule has 1 saturated heterocycles. The number of benzene rings is 1. The summed E-state index contributed by atoms with van der Waals surface area (Å²) in [5.41, 5.74) is 6.90. The van der Waals surface area contributed by atoms with Crippen LogP contribution in [0.2, 0.25) is 0 Å². The Morgan fingerprint density at radius 3 is 2.89 bits per heavy atom. The van der Waals surface area contributed by atoms with Crippen molar-refractivity contribution < 1.29 is 12.8 Å². The fraction of sp³-hybridized carbons (Fsp3) is 0.500. The topological polar surface area (TPSA) is 63.4 Å². The quantitative estimate of drug-likeness (QED) is 0.854. The molecule has 2 N–H and O–H groups in total. The van der Waals surface area contributed by atoms with E-state index >= 15 is 0 Å². The highest BCUT2D eigenvalue weighted by Crippen LogP contribution is 2.24. The molecule has 1 fully saturated rings. The zero-order valence-corrected chi connectivity index (χ0v) is 12.3. The minimum absolute atomic E-state index is 0.366. The molecule has 0 saturated carbocycles. The molecule has 2 rings (SSSR count). The first-order valence-corrected chi connectivity index (χ1v) is 9.03. The van der Waals surface area contributed by atoms with Crippen molar-refractivity contribution in [3.8, 4) is 0 Å². The molecule has 0 spiro atoms. The molecular formula is C12H17FN2O2S2. The fourth-order valence-electron chi connectivity index (χ4n) is 2.12. The molecular weight excluding hydrogens is 287 g/mol. The van der Waals surface area contributed by atoms with E-state index in [1.807, 2.05) is 4.90 Å². The zero-order chi connectivity index (χ0) is 14.0. The second-order valence-corrected chi connectivity index (χ2v) is 8.03. The molecule has 0 aliphatic carbocycles. The van der Waals surface area contributed by atoms with E-state index in [0.717, 1.165) is 11.3 Å². The van der Waals surface area contributed by atoms with Crippen molar-refractivity contribution in [1.82, 2.24) is 4.90 Å². The van der Waals surface area contributed by atoms with Gasteiger partial charge in [0.1, 0.15) is 11.2 Å². The van der Waals surface area contributed by atoms with Crippen LogP contribution < -0.4 is 5.73 Å². The SMILES string of the molecule is CS(=O)(=O)C1CSCCN1Cc1ccc(F)cc1N. The first-order valence-electron chi connectivity index (χ1n) is 5.92. The summed E-state index contributed by atoms with van der Waals surface area (Å²) < 4.78 is 36.6. The summed E-state index contributed by atoms with van der Waals surface area (Å²) in [5.74, 6) is 1.09. The van der Waals surface area contributed by atoms with Crippen molar-refractivity contribution in [2.75, 3.05) is 30.0 Å². The van der Waals surface area contributed by atoms with Gasteiger partial charge in [0, 0.05) is 36.5 Å². The third kappa shape index (κ3) is 3.61. The van der Waals surface area contributed by atoms with Crippen molar-refractivity contribution in [3.63, 3.8) is 0 Å². The number of rotatable bonds is 3. The second-order valence-electron chi connectivity index (χ2n) is 4.67. The lowest BCUT2D eigenvalue weighted by Crippen LogP contribution is -2.46. The minimum Gasteiger partial charge on any atom is -0.398 e. The molecule has 1 unspecified atom stereocenters. The standard InChI is InChI=1S/C12H17FN2O2S2/c1-19(16,17)12-8-18-5-4-15(12)7-9-2-3-10(13)6-11(9)14/h2-3,6,12H,4-5,7-8,14H2,1H3.